The van der Waals surface area contributed by atoms with Crippen LogP contribution in [0.15, 0.2) is 283 Å². The smallest absolute Gasteiger partial charge is 0.260 e. The Morgan fingerprint density at radius 1 is 0.298 bits per heavy atom. The van der Waals surface area contributed by atoms with Gasteiger partial charge in [-0.15, -0.1) is 0 Å². The number of aromatic nitrogens is 2. The summed E-state index contributed by atoms with van der Waals surface area (Å²) >= 11 is 1.89. The van der Waals surface area contributed by atoms with Crippen molar-refractivity contribution in [1.82, 2.24) is 9.13 Å². The van der Waals surface area contributed by atoms with Crippen molar-refractivity contribution in [2.75, 3.05) is 4.90 Å². The van der Waals surface area contributed by atoms with Crippen molar-refractivity contribution in [1.29, 1.82) is 0 Å². The van der Waals surface area contributed by atoms with E-state index in [-0.39, 0.29) is 24.3 Å². The highest BCUT2D eigenvalue weighted by atomic mass is 32.2. The number of anilines is 3. The monoisotopic (exact) mass is 1220 g/mol. The van der Waals surface area contributed by atoms with Crippen LogP contribution >= 0.6 is 11.8 Å². The Balaban J connectivity index is 0.887. The lowest BCUT2D eigenvalue weighted by Crippen LogP contribution is -2.59. The fourth-order valence-electron chi connectivity index (χ4n) is 15.8. The molecule has 446 valence electrons. The van der Waals surface area contributed by atoms with E-state index in [9.17, 15) is 0 Å². The molecule has 94 heavy (non-hydrogen) atoms. The van der Waals surface area contributed by atoms with E-state index in [1.54, 1.807) is 0 Å². The summed E-state index contributed by atoms with van der Waals surface area (Å²) in [7, 11) is 0. The maximum Gasteiger partial charge on any atom is 0.260 e. The van der Waals surface area contributed by atoms with Crippen LogP contribution in [0.2, 0.25) is 0 Å². The van der Waals surface area contributed by atoms with Gasteiger partial charge in [-0.05, 0) is 192 Å². The van der Waals surface area contributed by atoms with E-state index in [2.05, 4.69) is 329 Å². The minimum Gasteiger partial charge on any atom is -0.458 e. The van der Waals surface area contributed by atoms with Gasteiger partial charge in [-0.3, -0.25) is 0 Å². The van der Waals surface area contributed by atoms with Crippen LogP contribution in [0.5, 0.6) is 23.0 Å². The predicted octanol–water partition coefficient (Wildman–Crippen LogP) is 19.0. The Bertz CT molecular complexity index is 5460. The van der Waals surface area contributed by atoms with Crippen molar-refractivity contribution >= 4 is 119 Å². The first-order valence-corrected chi connectivity index (χ1v) is 33.7. The normalized spacial score (nSPS) is 13.5. The molecule has 13 aromatic carbocycles. The molecule has 0 fully saturated rings. The number of hydrogen-bond donors (Lipinski definition) is 0. The van der Waals surface area contributed by atoms with Crippen molar-refractivity contribution in [3.8, 4) is 67.8 Å². The topological polar surface area (TPSA) is 31.6 Å². The lowest BCUT2D eigenvalue weighted by atomic mass is 9.34. The molecule has 0 saturated carbocycles. The maximum absolute atomic E-state index is 7.06. The van der Waals surface area contributed by atoms with Gasteiger partial charge in [-0.25, -0.2) is 0 Å². The predicted molar refractivity (Wildman–Crippen MR) is 396 cm³/mol. The average molecular weight is 1220 g/mol. The lowest BCUT2D eigenvalue weighted by molar-refractivity contribution is 0.465. The van der Waals surface area contributed by atoms with Gasteiger partial charge in [0.2, 0.25) is 6.71 Å². The standard InChI is InChI=1S/C86H63B2N3O2S/c1-85(2,3)58-33-39-73-65(48-58)66-49-59(86(4,5)6)34-40-74(66)90(73)61-36-38-70-81(51-61)94-82-47-56(57-45-79-84-80(46-57)93-78-32-20-16-28-69(78)88(84)68-27-15-19-31-77(68)92-79)44-76-83(82)87(70)67-37-35-60(89-71-29-17-13-25-63(71)64-26-14-18-30-72(64)89)50-75(67)91(76)62-42-54(52-21-9-7-10-22-52)41-55(43-62)53-23-11-8-12-24-53/h7-51H,1-6H3. The van der Waals surface area contributed by atoms with E-state index in [4.69, 9.17) is 9.47 Å². The van der Waals surface area contributed by atoms with E-state index in [0.717, 1.165) is 101 Å². The minimum absolute atomic E-state index is 0.0156. The summed E-state index contributed by atoms with van der Waals surface area (Å²) in [5.74, 6) is 3.37. The minimum atomic E-state index is -0.124. The molecule has 0 spiro atoms. The molecular weight excluding hydrogens is 1160 g/mol. The van der Waals surface area contributed by atoms with E-state index in [1.807, 2.05) is 11.8 Å². The van der Waals surface area contributed by atoms with Crippen LogP contribution in [-0.2, 0) is 10.8 Å². The molecule has 0 bridgehead atoms. The number of benzene rings is 13. The number of hydrogen-bond acceptors (Lipinski definition) is 4. The second-order valence-corrected chi connectivity index (χ2v) is 29.1. The first-order chi connectivity index (χ1) is 45.8. The Kier molecular flexibility index (Phi) is 12.0. The van der Waals surface area contributed by atoms with Gasteiger partial charge in [0.05, 0.1) is 22.1 Å². The average Bonchev–Trinajstić information content (AvgIpc) is 0.786. The fraction of sp³-hybridized carbons (Fsp3) is 0.0930. The third-order valence-electron chi connectivity index (χ3n) is 20.4. The second-order valence-electron chi connectivity index (χ2n) is 28.0. The maximum atomic E-state index is 7.06. The molecule has 15 aromatic rings. The number of nitrogens with zero attached hydrogens (tertiary/aromatic N) is 3. The number of ether oxygens (including phenoxy) is 2. The Labute approximate surface area is 552 Å². The fourth-order valence-corrected chi connectivity index (χ4v) is 17.0. The van der Waals surface area contributed by atoms with Gasteiger partial charge in [-0.1, -0.05) is 216 Å². The summed E-state index contributed by atoms with van der Waals surface area (Å²) in [6.07, 6.45) is 0. The molecular formula is C86H63B2N3O2S. The van der Waals surface area contributed by atoms with Gasteiger partial charge in [0, 0.05) is 65.2 Å². The summed E-state index contributed by atoms with van der Waals surface area (Å²) in [6.45, 7) is 13.7. The van der Waals surface area contributed by atoms with Crippen molar-refractivity contribution < 1.29 is 9.47 Å². The highest BCUT2D eigenvalue weighted by Gasteiger charge is 2.44. The summed E-state index contributed by atoms with van der Waals surface area (Å²) < 4.78 is 19.1. The Hall–Kier alpha value is -10.7. The zero-order valence-electron chi connectivity index (χ0n) is 53.2. The molecule has 4 aliphatic rings. The van der Waals surface area contributed by atoms with Crippen LogP contribution in [0.4, 0.5) is 17.1 Å². The number of para-hydroxylation sites is 4. The van der Waals surface area contributed by atoms with E-state index in [1.165, 1.54) is 80.9 Å². The molecule has 0 saturated heterocycles. The Morgan fingerprint density at radius 2 is 0.766 bits per heavy atom. The van der Waals surface area contributed by atoms with Gasteiger partial charge >= 0.3 is 0 Å². The summed E-state index contributed by atoms with van der Waals surface area (Å²) in [5, 5.41) is 5.02. The molecule has 0 amide bonds. The second kappa shape index (κ2) is 20.4. The SMILES string of the molecule is CC(C)(C)c1ccc2c(c1)c1cc(C(C)(C)C)ccc1n2-c1ccc2c(c1)Sc1cc(-c3cc4c5c(c3)Oc3ccccc3B5c3ccccc3O4)cc3c1B2c1ccc(-n2c4ccccc4c4ccccc42)cc1N3c1cc(-c2ccccc2)cc(-c2ccccc2)c1. The highest BCUT2D eigenvalue weighted by Crippen LogP contribution is 2.49. The third kappa shape index (κ3) is 8.44. The van der Waals surface area contributed by atoms with Crippen LogP contribution in [0.3, 0.4) is 0 Å². The van der Waals surface area contributed by atoms with Crippen molar-refractivity contribution in [3.05, 3.63) is 284 Å². The molecule has 8 heteroatoms. The van der Waals surface area contributed by atoms with Crippen LogP contribution < -0.4 is 47.2 Å². The molecule has 2 aromatic heterocycles. The van der Waals surface area contributed by atoms with Gasteiger partial charge in [0.15, 0.2) is 0 Å². The Morgan fingerprint density at radius 3 is 1.33 bits per heavy atom. The van der Waals surface area contributed by atoms with Gasteiger partial charge < -0.3 is 23.5 Å². The van der Waals surface area contributed by atoms with Gasteiger partial charge in [-0.2, -0.15) is 0 Å². The molecule has 0 unspecified atom stereocenters. The first kappa shape index (κ1) is 55.0. The first-order valence-electron chi connectivity index (χ1n) is 32.8. The molecule has 0 N–H and O–H groups in total. The van der Waals surface area contributed by atoms with Crippen LogP contribution in [0.25, 0.3) is 88.4 Å². The highest BCUT2D eigenvalue weighted by molar-refractivity contribution is 8.00. The van der Waals surface area contributed by atoms with Crippen molar-refractivity contribution in [2.45, 2.75) is 62.2 Å². The van der Waals surface area contributed by atoms with Crippen molar-refractivity contribution in [3.63, 3.8) is 0 Å². The number of rotatable bonds is 6. The molecule has 4 aliphatic heterocycles. The zero-order chi connectivity index (χ0) is 62.9. The molecule has 0 radical (unpaired) electrons. The van der Waals surface area contributed by atoms with Crippen molar-refractivity contribution in [2.24, 2.45) is 0 Å². The molecule has 19 rings (SSSR count). The zero-order valence-corrected chi connectivity index (χ0v) is 54.0. The van der Waals surface area contributed by atoms with E-state index >= 15 is 0 Å². The molecule has 0 atom stereocenters. The summed E-state index contributed by atoms with van der Waals surface area (Å²) in [5.41, 5.74) is 26.8. The molecule has 6 heterocycles. The third-order valence-corrected chi connectivity index (χ3v) is 21.5. The van der Waals surface area contributed by atoms with Crippen LogP contribution in [0, 0.1) is 0 Å². The van der Waals surface area contributed by atoms with E-state index in [0.29, 0.717) is 0 Å². The summed E-state index contributed by atoms with van der Waals surface area (Å²) in [6, 6.07) is 102. The van der Waals surface area contributed by atoms with Gasteiger partial charge in [0.25, 0.3) is 6.71 Å². The summed E-state index contributed by atoms with van der Waals surface area (Å²) in [4.78, 5) is 5.04. The van der Waals surface area contributed by atoms with Crippen LogP contribution in [0.1, 0.15) is 52.7 Å². The largest absolute Gasteiger partial charge is 0.458 e. The quantitative estimate of drug-likeness (QED) is 0.155. The van der Waals surface area contributed by atoms with Crippen LogP contribution in [-0.4, -0.2) is 22.6 Å². The number of fused-ring (bicyclic) bond motifs is 14. The molecule has 5 nitrogen and oxygen atoms in total. The van der Waals surface area contributed by atoms with E-state index < -0.39 is 0 Å². The van der Waals surface area contributed by atoms with Gasteiger partial charge in [0.1, 0.15) is 23.0 Å². The lowest BCUT2D eigenvalue weighted by Gasteiger charge is -2.41. The molecule has 0 aliphatic carbocycles.